The summed E-state index contributed by atoms with van der Waals surface area (Å²) in [5.74, 6) is -0.164. The Bertz CT molecular complexity index is 667. The van der Waals surface area contributed by atoms with E-state index in [4.69, 9.17) is 5.73 Å². The van der Waals surface area contributed by atoms with Gasteiger partial charge in [0.2, 0.25) is 0 Å². The van der Waals surface area contributed by atoms with Gasteiger partial charge < -0.3 is 15.5 Å². The van der Waals surface area contributed by atoms with E-state index in [0.29, 0.717) is 11.2 Å². The summed E-state index contributed by atoms with van der Waals surface area (Å²) in [6.45, 7) is 2.69. The fourth-order valence-corrected chi connectivity index (χ4v) is 3.68. The Hall–Kier alpha value is -1.82. The van der Waals surface area contributed by atoms with Crippen LogP contribution in [0.15, 0.2) is 24.4 Å². The zero-order chi connectivity index (χ0) is 14.4. The predicted octanol–water partition coefficient (Wildman–Crippen LogP) is 2.85. The van der Waals surface area contributed by atoms with Crippen LogP contribution in [0.3, 0.4) is 0 Å². The molecule has 0 radical (unpaired) electrons. The van der Waals surface area contributed by atoms with Gasteiger partial charge in [-0.2, -0.15) is 0 Å². The van der Waals surface area contributed by atoms with Crippen molar-refractivity contribution in [3.05, 3.63) is 35.1 Å². The first-order chi connectivity index (χ1) is 10.2. The smallest absolute Gasteiger partial charge is 0.180 e. The van der Waals surface area contributed by atoms with Gasteiger partial charge in [-0.15, -0.1) is 11.3 Å². The summed E-state index contributed by atoms with van der Waals surface area (Å²) in [6.07, 6.45) is 4.28. The number of aromatic nitrogens is 1. The van der Waals surface area contributed by atoms with E-state index >= 15 is 0 Å². The fraction of sp³-hybridized carbons (Fsp3) is 0.400. The van der Waals surface area contributed by atoms with Gasteiger partial charge in [0.25, 0.3) is 0 Å². The SMILES string of the molecule is Nc1ncc(CN2CCN(C3CC3)c3cc(F)ccc32)s1. The molecule has 6 heteroatoms. The van der Waals surface area contributed by atoms with Gasteiger partial charge in [-0.3, -0.25) is 0 Å². The molecule has 1 aliphatic heterocycles. The van der Waals surface area contributed by atoms with E-state index in [1.54, 1.807) is 12.1 Å². The molecule has 1 fully saturated rings. The number of anilines is 3. The molecule has 2 N–H and O–H groups in total. The number of nitrogen functional groups attached to an aromatic ring is 1. The number of fused-ring (bicyclic) bond motifs is 1. The number of nitrogens with two attached hydrogens (primary N) is 1. The second-order valence-corrected chi connectivity index (χ2v) is 6.79. The summed E-state index contributed by atoms with van der Waals surface area (Å²) in [7, 11) is 0. The van der Waals surface area contributed by atoms with Gasteiger partial charge in [0.05, 0.1) is 17.9 Å². The van der Waals surface area contributed by atoms with E-state index in [1.165, 1.54) is 24.2 Å². The van der Waals surface area contributed by atoms with Crippen LogP contribution < -0.4 is 15.5 Å². The predicted molar refractivity (Wildman–Crippen MR) is 84.3 cm³/mol. The van der Waals surface area contributed by atoms with Crippen LogP contribution >= 0.6 is 11.3 Å². The van der Waals surface area contributed by atoms with Crippen LogP contribution in [0, 0.1) is 5.82 Å². The maximum Gasteiger partial charge on any atom is 0.180 e. The van der Waals surface area contributed by atoms with Crippen molar-refractivity contribution in [3.63, 3.8) is 0 Å². The molecular weight excluding hydrogens is 287 g/mol. The molecule has 0 bridgehead atoms. The third-order valence-corrected chi connectivity index (χ3v) is 4.92. The maximum atomic E-state index is 13.6. The van der Waals surface area contributed by atoms with E-state index in [1.807, 2.05) is 12.3 Å². The summed E-state index contributed by atoms with van der Waals surface area (Å²) in [4.78, 5) is 9.90. The molecule has 2 heterocycles. The zero-order valence-electron chi connectivity index (χ0n) is 11.6. The number of nitrogens with zero attached hydrogens (tertiary/aromatic N) is 3. The Morgan fingerprint density at radius 2 is 2.14 bits per heavy atom. The van der Waals surface area contributed by atoms with E-state index in [0.717, 1.165) is 35.9 Å². The zero-order valence-corrected chi connectivity index (χ0v) is 12.4. The normalized spacial score (nSPS) is 18.0. The monoisotopic (exact) mass is 304 g/mol. The van der Waals surface area contributed by atoms with Crippen molar-refractivity contribution in [2.24, 2.45) is 0 Å². The molecule has 1 aromatic heterocycles. The van der Waals surface area contributed by atoms with Crippen molar-refractivity contribution < 1.29 is 4.39 Å². The molecule has 1 saturated carbocycles. The Labute approximate surface area is 127 Å². The molecule has 0 atom stereocenters. The van der Waals surface area contributed by atoms with Crippen LogP contribution in [-0.4, -0.2) is 24.1 Å². The van der Waals surface area contributed by atoms with Crippen molar-refractivity contribution >= 4 is 27.8 Å². The molecular formula is C15H17FN4S. The van der Waals surface area contributed by atoms with Crippen LogP contribution in [0.4, 0.5) is 20.9 Å². The molecule has 4 rings (SSSR count). The van der Waals surface area contributed by atoms with Crippen molar-refractivity contribution in [1.29, 1.82) is 0 Å². The number of benzene rings is 1. The van der Waals surface area contributed by atoms with Crippen LogP contribution in [0.2, 0.25) is 0 Å². The lowest BCUT2D eigenvalue weighted by molar-refractivity contribution is 0.621. The second kappa shape index (κ2) is 4.87. The summed E-state index contributed by atoms with van der Waals surface area (Å²) < 4.78 is 13.6. The average molecular weight is 304 g/mol. The number of halogens is 1. The lowest BCUT2D eigenvalue weighted by Crippen LogP contribution is -2.41. The summed E-state index contributed by atoms with van der Waals surface area (Å²) in [5.41, 5.74) is 7.84. The Kier molecular flexibility index (Phi) is 2.99. The first-order valence-corrected chi connectivity index (χ1v) is 8.04. The Morgan fingerprint density at radius 3 is 2.86 bits per heavy atom. The summed E-state index contributed by atoms with van der Waals surface area (Å²) >= 11 is 1.52. The largest absolute Gasteiger partial charge is 0.375 e. The lowest BCUT2D eigenvalue weighted by Gasteiger charge is -2.39. The van der Waals surface area contributed by atoms with Gasteiger partial charge in [0, 0.05) is 30.2 Å². The molecule has 1 aromatic carbocycles. The minimum absolute atomic E-state index is 0.164. The minimum Gasteiger partial charge on any atom is -0.375 e. The topological polar surface area (TPSA) is 45.4 Å². The van der Waals surface area contributed by atoms with Crippen LogP contribution in [-0.2, 0) is 6.54 Å². The maximum absolute atomic E-state index is 13.6. The molecule has 4 nitrogen and oxygen atoms in total. The molecule has 0 saturated heterocycles. The highest BCUT2D eigenvalue weighted by Gasteiger charge is 2.34. The summed E-state index contributed by atoms with van der Waals surface area (Å²) in [5, 5.41) is 0.598. The standard InChI is InChI=1S/C15H17FN4S/c16-10-1-4-13-14(7-10)20(11-2-3-11)6-5-19(13)9-12-8-18-15(17)21-12/h1,4,7-8,11H,2-3,5-6,9H2,(H2,17,18). The van der Waals surface area contributed by atoms with Crippen molar-refractivity contribution in [3.8, 4) is 0 Å². The van der Waals surface area contributed by atoms with Gasteiger partial charge in [-0.25, -0.2) is 9.37 Å². The van der Waals surface area contributed by atoms with E-state index in [9.17, 15) is 4.39 Å². The Balaban J connectivity index is 1.65. The average Bonchev–Trinajstić information content (AvgIpc) is 3.22. The van der Waals surface area contributed by atoms with Crippen molar-refractivity contribution in [2.45, 2.75) is 25.4 Å². The molecule has 0 spiro atoms. The molecule has 0 unspecified atom stereocenters. The van der Waals surface area contributed by atoms with Gasteiger partial charge in [-0.1, -0.05) is 0 Å². The Morgan fingerprint density at radius 1 is 1.29 bits per heavy atom. The van der Waals surface area contributed by atoms with E-state index < -0.39 is 0 Å². The second-order valence-electron chi connectivity index (χ2n) is 5.64. The number of hydrogen-bond donors (Lipinski definition) is 1. The van der Waals surface area contributed by atoms with Gasteiger partial charge >= 0.3 is 0 Å². The highest BCUT2D eigenvalue weighted by molar-refractivity contribution is 7.15. The molecule has 110 valence electrons. The van der Waals surface area contributed by atoms with Crippen LogP contribution in [0.5, 0.6) is 0 Å². The molecule has 2 aromatic rings. The molecule has 1 aliphatic carbocycles. The lowest BCUT2D eigenvalue weighted by atomic mass is 10.1. The summed E-state index contributed by atoms with van der Waals surface area (Å²) in [6, 6.07) is 5.71. The fourth-order valence-electron chi connectivity index (χ4n) is 2.98. The van der Waals surface area contributed by atoms with Crippen LogP contribution in [0.1, 0.15) is 17.7 Å². The molecule has 2 aliphatic rings. The number of thiazole rings is 1. The number of rotatable bonds is 3. The van der Waals surface area contributed by atoms with E-state index in [-0.39, 0.29) is 5.82 Å². The van der Waals surface area contributed by atoms with Crippen molar-refractivity contribution in [2.75, 3.05) is 28.6 Å². The minimum atomic E-state index is -0.164. The molecule has 21 heavy (non-hydrogen) atoms. The third kappa shape index (κ3) is 2.44. The van der Waals surface area contributed by atoms with Gasteiger partial charge in [0.15, 0.2) is 5.13 Å². The highest BCUT2D eigenvalue weighted by Crippen LogP contribution is 2.41. The first-order valence-electron chi connectivity index (χ1n) is 7.22. The van der Waals surface area contributed by atoms with Gasteiger partial charge in [0.1, 0.15) is 5.82 Å². The quantitative estimate of drug-likeness (QED) is 0.947. The molecule has 0 amide bonds. The van der Waals surface area contributed by atoms with Gasteiger partial charge in [-0.05, 0) is 31.0 Å². The highest BCUT2D eigenvalue weighted by atomic mass is 32.1. The van der Waals surface area contributed by atoms with E-state index in [2.05, 4.69) is 14.8 Å². The number of hydrogen-bond acceptors (Lipinski definition) is 5. The van der Waals surface area contributed by atoms with Crippen LogP contribution in [0.25, 0.3) is 0 Å². The van der Waals surface area contributed by atoms with Crippen molar-refractivity contribution in [1.82, 2.24) is 4.98 Å². The first kappa shape index (κ1) is 12.9. The third-order valence-electron chi connectivity index (χ3n) is 4.10.